The van der Waals surface area contributed by atoms with Crippen molar-refractivity contribution in [2.75, 3.05) is 24.5 Å². The van der Waals surface area contributed by atoms with Crippen LogP contribution in [0.5, 0.6) is 0 Å². The zero-order valence-corrected chi connectivity index (χ0v) is 12.9. The highest BCUT2D eigenvalue weighted by atomic mass is 15.2. The Morgan fingerprint density at radius 1 is 1.41 bits per heavy atom. The van der Waals surface area contributed by atoms with E-state index < -0.39 is 0 Å². The highest BCUT2D eigenvalue weighted by Gasteiger charge is 2.09. The van der Waals surface area contributed by atoms with Crippen molar-refractivity contribution < 1.29 is 0 Å². The van der Waals surface area contributed by atoms with E-state index in [1.165, 1.54) is 0 Å². The van der Waals surface area contributed by atoms with Gasteiger partial charge in [-0.15, -0.1) is 6.58 Å². The summed E-state index contributed by atoms with van der Waals surface area (Å²) in [5, 5.41) is 12.2. The van der Waals surface area contributed by atoms with Crippen molar-refractivity contribution in [1.82, 2.24) is 14.9 Å². The molecular formula is C17H21N5. The van der Waals surface area contributed by atoms with Gasteiger partial charge in [-0.2, -0.15) is 5.26 Å². The zero-order valence-electron chi connectivity index (χ0n) is 12.9. The Morgan fingerprint density at radius 2 is 2.18 bits per heavy atom. The first kappa shape index (κ1) is 15.8. The maximum Gasteiger partial charge on any atom is 0.0991 e. The van der Waals surface area contributed by atoms with Crippen molar-refractivity contribution in [3.05, 3.63) is 60.7 Å². The molecule has 1 N–H and O–H groups in total. The monoisotopic (exact) mass is 295 g/mol. The van der Waals surface area contributed by atoms with Crippen molar-refractivity contribution in [2.45, 2.75) is 6.54 Å². The second-order valence-electron chi connectivity index (χ2n) is 5.07. The Labute approximate surface area is 131 Å². The van der Waals surface area contributed by atoms with Gasteiger partial charge in [0.1, 0.15) is 0 Å². The van der Waals surface area contributed by atoms with Gasteiger partial charge in [-0.3, -0.25) is 0 Å². The highest BCUT2D eigenvalue weighted by Crippen LogP contribution is 2.17. The molecule has 0 aliphatic rings. The summed E-state index contributed by atoms with van der Waals surface area (Å²) >= 11 is 0. The maximum atomic E-state index is 8.92. The molecule has 2 rings (SSSR count). The Bertz CT molecular complexity index is 636. The molecule has 5 nitrogen and oxygen atoms in total. The number of aromatic nitrogens is 2. The lowest BCUT2D eigenvalue weighted by Gasteiger charge is -2.25. The topological polar surface area (TPSA) is 56.9 Å². The van der Waals surface area contributed by atoms with Crippen LogP contribution < -0.4 is 10.2 Å². The van der Waals surface area contributed by atoms with E-state index in [1.54, 1.807) is 0 Å². The Hall–Kier alpha value is -2.58. The number of imidazole rings is 1. The molecule has 0 aliphatic heterocycles. The fourth-order valence-electron chi connectivity index (χ4n) is 2.20. The summed E-state index contributed by atoms with van der Waals surface area (Å²) in [5.74, 6) is 0. The number of nitrogens with zero attached hydrogens (tertiary/aromatic N) is 4. The van der Waals surface area contributed by atoms with E-state index in [1.807, 2.05) is 54.5 Å². The SMILES string of the molecule is C=CCNCCN(Cc1cncn1C)c1ccc(C#N)cc1. The van der Waals surface area contributed by atoms with E-state index in [0.717, 1.165) is 37.6 Å². The number of nitriles is 1. The first-order chi connectivity index (χ1) is 10.7. The van der Waals surface area contributed by atoms with Gasteiger partial charge >= 0.3 is 0 Å². The smallest absolute Gasteiger partial charge is 0.0991 e. The van der Waals surface area contributed by atoms with Crippen LogP contribution in [0, 0.1) is 11.3 Å². The standard InChI is InChI=1S/C17H21N5/c1-3-8-19-9-10-22(13-17-12-20-14-21(17)2)16-6-4-15(11-18)5-7-16/h3-7,12,14,19H,1,8-10,13H2,2H3. The molecule has 0 saturated heterocycles. The molecule has 0 radical (unpaired) electrons. The van der Waals surface area contributed by atoms with Gasteiger partial charge in [-0.1, -0.05) is 6.08 Å². The summed E-state index contributed by atoms with van der Waals surface area (Å²) in [5.41, 5.74) is 2.92. The molecule has 0 spiro atoms. The minimum atomic E-state index is 0.675. The van der Waals surface area contributed by atoms with Gasteiger partial charge in [-0.25, -0.2) is 4.98 Å². The summed E-state index contributed by atoms with van der Waals surface area (Å²) in [7, 11) is 2.00. The predicted molar refractivity (Wildman–Crippen MR) is 88.5 cm³/mol. The van der Waals surface area contributed by atoms with E-state index in [0.29, 0.717) is 5.56 Å². The normalized spacial score (nSPS) is 10.2. The van der Waals surface area contributed by atoms with Crippen LogP contribution in [0.3, 0.4) is 0 Å². The molecule has 0 saturated carbocycles. The van der Waals surface area contributed by atoms with Crippen LogP contribution in [0.1, 0.15) is 11.3 Å². The summed E-state index contributed by atoms with van der Waals surface area (Å²) in [6.45, 7) is 7.01. The van der Waals surface area contributed by atoms with Crippen molar-refractivity contribution >= 4 is 5.69 Å². The quantitative estimate of drug-likeness (QED) is 0.598. The molecule has 0 amide bonds. The van der Waals surface area contributed by atoms with Crippen LogP contribution in [-0.2, 0) is 13.6 Å². The minimum Gasteiger partial charge on any atom is -0.364 e. The summed E-state index contributed by atoms with van der Waals surface area (Å²) in [6, 6.07) is 9.83. The van der Waals surface area contributed by atoms with Crippen LogP contribution in [-0.4, -0.2) is 29.2 Å². The molecule has 1 aromatic carbocycles. The highest BCUT2D eigenvalue weighted by molar-refractivity contribution is 5.49. The molecule has 2 aromatic rings. The third-order valence-corrected chi connectivity index (χ3v) is 3.48. The van der Waals surface area contributed by atoms with Crippen molar-refractivity contribution in [3.63, 3.8) is 0 Å². The number of hydrogen-bond acceptors (Lipinski definition) is 4. The van der Waals surface area contributed by atoms with Gasteiger partial charge in [0.15, 0.2) is 0 Å². The van der Waals surface area contributed by atoms with Crippen LogP contribution >= 0.6 is 0 Å². The molecule has 0 atom stereocenters. The first-order valence-electron chi connectivity index (χ1n) is 7.26. The van der Waals surface area contributed by atoms with E-state index in [4.69, 9.17) is 5.26 Å². The molecule has 0 unspecified atom stereocenters. The fraction of sp³-hybridized carbons (Fsp3) is 0.294. The zero-order chi connectivity index (χ0) is 15.8. The molecule has 114 valence electrons. The Kier molecular flexibility index (Phi) is 5.75. The number of benzene rings is 1. The molecule has 5 heteroatoms. The van der Waals surface area contributed by atoms with Crippen molar-refractivity contribution in [2.24, 2.45) is 7.05 Å². The molecule has 22 heavy (non-hydrogen) atoms. The van der Waals surface area contributed by atoms with Gasteiger partial charge in [-0.05, 0) is 24.3 Å². The third-order valence-electron chi connectivity index (χ3n) is 3.48. The lowest BCUT2D eigenvalue weighted by molar-refractivity contribution is 0.678. The Morgan fingerprint density at radius 3 is 2.77 bits per heavy atom. The average molecular weight is 295 g/mol. The van der Waals surface area contributed by atoms with Crippen molar-refractivity contribution in [1.29, 1.82) is 5.26 Å². The van der Waals surface area contributed by atoms with Gasteiger partial charge in [0, 0.05) is 38.6 Å². The molecule has 0 fully saturated rings. The number of anilines is 1. The maximum absolute atomic E-state index is 8.92. The van der Waals surface area contributed by atoms with Crippen LogP contribution in [0.25, 0.3) is 0 Å². The fourth-order valence-corrected chi connectivity index (χ4v) is 2.20. The Balaban J connectivity index is 2.10. The minimum absolute atomic E-state index is 0.675. The van der Waals surface area contributed by atoms with Gasteiger partial charge in [0.2, 0.25) is 0 Å². The molecule has 0 bridgehead atoms. The first-order valence-corrected chi connectivity index (χ1v) is 7.26. The van der Waals surface area contributed by atoms with Crippen LogP contribution in [0.15, 0.2) is 49.4 Å². The third kappa shape index (κ3) is 4.21. The van der Waals surface area contributed by atoms with E-state index >= 15 is 0 Å². The largest absolute Gasteiger partial charge is 0.364 e. The lowest BCUT2D eigenvalue weighted by Crippen LogP contribution is -2.32. The summed E-state index contributed by atoms with van der Waals surface area (Å²) in [4.78, 5) is 6.44. The van der Waals surface area contributed by atoms with Crippen LogP contribution in [0.2, 0.25) is 0 Å². The number of rotatable bonds is 8. The van der Waals surface area contributed by atoms with Gasteiger partial charge in [0.05, 0.1) is 30.2 Å². The number of nitrogens with one attached hydrogen (secondary N) is 1. The van der Waals surface area contributed by atoms with Crippen molar-refractivity contribution in [3.8, 4) is 6.07 Å². The number of aryl methyl sites for hydroxylation is 1. The second-order valence-corrected chi connectivity index (χ2v) is 5.07. The van der Waals surface area contributed by atoms with Gasteiger partial charge < -0.3 is 14.8 Å². The van der Waals surface area contributed by atoms with E-state index in [9.17, 15) is 0 Å². The van der Waals surface area contributed by atoms with Crippen LogP contribution in [0.4, 0.5) is 5.69 Å². The molecule has 1 heterocycles. The average Bonchev–Trinajstić information content (AvgIpc) is 2.95. The molecule has 0 aliphatic carbocycles. The second kappa shape index (κ2) is 8.01. The molecule has 1 aromatic heterocycles. The van der Waals surface area contributed by atoms with E-state index in [-0.39, 0.29) is 0 Å². The van der Waals surface area contributed by atoms with E-state index in [2.05, 4.69) is 27.8 Å². The van der Waals surface area contributed by atoms with Gasteiger partial charge in [0.25, 0.3) is 0 Å². The predicted octanol–water partition coefficient (Wildman–Crippen LogP) is 2.07. The molecular weight excluding hydrogens is 274 g/mol. The summed E-state index contributed by atoms with van der Waals surface area (Å²) in [6.07, 6.45) is 5.54. The summed E-state index contributed by atoms with van der Waals surface area (Å²) < 4.78 is 2.02. The number of hydrogen-bond donors (Lipinski definition) is 1. The lowest BCUT2D eigenvalue weighted by atomic mass is 10.2.